The Balaban J connectivity index is 4.18. The molecule has 0 aromatic heterocycles. The third-order valence-corrected chi connectivity index (χ3v) is 1.33. The van der Waals surface area contributed by atoms with Crippen LogP contribution in [0.25, 0.3) is 0 Å². The monoisotopic (exact) mass is 176 g/mol. The van der Waals surface area contributed by atoms with Crippen LogP contribution < -0.4 is 0 Å². The fourth-order valence-electron chi connectivity index (χ4n) is 0.509. The normalized spacial score (nSPS) is 8.67. The van der Waals surface area contributed by atoms with E-state index in [0.29, 0.717) is 0 Å². The highest BCUT2D eigenvalue weighted by Crippen LogP contribution is 1.96. The summed E-state index contributed by atoms with van der Waals surface area (Å²) in [7, 11) is 5.24. The number of hydrogen-bond acceptors (Lipinski definition) is 4. The maximum atomic E-state index is 10.8. The summed E-state index contributed by atoms with van der Waals surface area (Å²) in [5, 5.41) is 1.98. The highest BCUT2D eigenvalue weighted by molar-refractivity contribution is 5.73. The zero-order valence-corrected chi connectivity index (χ0v) is 7.53. The number of carbonyl (C=O) groups excluding carboxylic acids is 2. The Kier molecular flexibility index (Phi) is 3.89. The molecule has 0 rings (SSSR count). The van der Waals surface area contributed by atoms with Gasteiger partial charge in [-0.15, -0.1) is 0 Å². The SMILES string of the molecule is COC(=O)N(C)N(C)C(=O)OC. The van der Waals surface area contributed by atoms with Crippen molar-refractivity contribution in [2.45, 2.75) is 0 Å². The summed E-state index contributed by atoms with van der Waals surface area (Å²) in [5.41, 5.74) is 0. The third kappa shape index (κ3) is 2.30. The van der Waals surface area contributed by atoms with Crippen LogP contribution in [-0.2, 0) is 9.47 Å². The Morgan fingerprint density at radius 3 is 1.33 bits per heavy atom. The minimum atomic E-state index is -0.636. The topological polar surface area (TPSA) is 59.1 Å². The summed E-state index contributed by atoms with van der Waals surface area (Å²) >= 11 is 0. The number of rotatable bonds is 0. The molecule has 0 bridgehead atoms. The van der Waals surface area contributed by atoms with Crippen molar-refractivity contribution >= 4 is 12.2 Å². The minimum absolute atomic E-state index is 0.636. The second-order valence-corrected chi connectivity index (χ2v) is 1.99. The van der Waals surface area contributed by atoms with Crippen LogP contribution in [-0.4, -0.2) is 50.5 Å². The molecule has 2 amide bonds. The van der Waals surface area contributed by atoms with E-state index < -0.39 is 12.2 Å². The number of methoxy groups -OCH3 is 2. The Morgan fingerprint density at radius 1 is 0.917 bits per heavy atom. The van der Waals surface area contributed by atoms with E-state index in [1.54, 1.807) is 0 Å². The van der Waals surface area contributed by atoms with Gasteiger partial charge in [-0.3, -0.25) is 0 Å². The van der Waals surface area contributed by atoms with Gasteiger partial charge in [0.05, 0.1) is 14.2 Å². The van der Waals surface area contributed by atoms with Crippen LogP contribution in [0, 0.1) is 0 Å². The van der Waals surface area contributed by atoms with Crippen LogP contribution in [0.4, 0.5) is 9.59 Å². The van der Waals surface area contributed by atoms with Gasteiger partial charge >= 0.3 is 12.2 Å². The molecule has 0 aliphatic carbocycles. The Hall–Kier alpha value is -1.46. The summed E-state index contributed by atoms with van der Waals surface area (Å²) in [6.45, 7) is 0. The van der Waals surface area contributed by atoms with Crippen molar-refractivity contribution in [2.75, 3.05) is 28.3 Å². The Morgan fingerprint density at radius 2 is 1.17 bits per heavy atom. The average Bonchev–Trinajstić information content (AvgIpc) is 2.12. The minimum Gasteiger partial charge on any atom is -0.452 e. The molecule has 0 aromatic carbocycles. The third-order valence-electron chi connectivity index (χ3n) is 1.33. The zero-order chi connectivity index (χ0) is 9.72. The average molecular weight is 176 g/mol. The molecule has 0 aromatic rings. The highest BCUT2D eigenvalue weighted by atomic mass is 16.6. The first-order valence-electron chi connectivity index (χ1n) is 3.17. The van der Waals surface area contributed by atoms with Crippen molar-refractivity contribution in [1.29, 1.82) is 0 Å². The highest BCUT2D eigenvalue weighted by Gasteiger charge is 2.18. The molecule has 0 saturated carbocycles. The molecule has 6 nitrogen and oxygen atoms in total. The molecule has 6 heteroatoms. The number of carbonyl (C=O) groups is 2. The van der Waals surface area contributed by atoms with Crippen LogP contribution in [0.5, 0.6) is 0 Å². The summed E-state index contributed by atoms with van der Waals surface area (Å²) in [4.78, 5) is 21.7. The number of hydrogen-bond donors (Lipinski definition) is 0. The van der Waals surface area contributed by atoms with Crippen LogP contribution in [0.2, 0.25) is 0 Å². The zero-order valence-electron chi connectivity index (χ0n) is 7.53. The molecule has 0 saturated heterocycles. The van der Waals surface area contributed by atoms with Gasteiger partial charge in [0, 0.05) is 14.1 Å². The summed E-state index contributed by atoms with van der Waals surface area (Å²) in [6.07, 6.45) is -1.27. The Labute approximate surface area is 70.6 Å². The van der Waals surface area contributed by atoms with E-state index in [9.17, 15) is 9.59 Å². The maximum Gasteiger partial charge on any atom is 0.428 e. The standard InChI is InChI=1S/C6H12N2O4/c1-7(5(9)11-3)8(2)6(10)12-4/h1-4H3. The molecular weight excluding hydrogens is 164 g/mol. The van der Waals surface area contributed by atoms with Gasteiger partial charge in [0.1, 0.15) is 0 Å². The maximum absolute atomic E-state index is 10.8. The van der Waals surface area contributed by atoms with E-state index in [1.165, 1.54) is 28.3 Å². The van der Waals surface area contributed by atoms with Gasteiger partial charge in [0.25, 0.3) is 0 Å². The predicted octanol–water partition coefficient (Wildman–Crippen LogP) is 0.298. The lowest BCUT2D eigenvalue weighted by atomic mass is 10.9. The van der Waals surface area contributed by atoms with Gasteiger partial charge in [-0.25, -0.2) is 19.6 Å². The second-order valence-electron chi connectivity index (χ2n) is 1.99. The van der Waals surface area contributed by atoms with E-state index in [1.807, 2.05) is 0 Å². The quantitative estimate of drug-likeness (QED) is 0.498. The van der Waals surface area contributed by atoms with Gasteiger partial charge in [-0.1, -0.05) is 0 Å². The first-order valence-corrected chi connectivity index (χ1v) is 3.17. The molecule has 0 fully saturated rings. The first-order chi connectivity index (χ1) is 5.54. The molecule has 0 radical (unpaired) electrons. The van der Waals surface area contributed by atoms with Gasteiger partial charge in [-0.2, -0.15) is 0 Å². The van der Waals surface area contributed by atoms with Crippen LogP contribution >= 0.6 is 0 Å². The van der Waals surface area contributed by atoms with E-state index in [4.69, 9.17) is 0 Å². The lowest BCUT2D eigenvalue weighted by Crippen LogP contribution is -2.44. The van der Waals surface area contributed by atoms with E-state index >= 15 is 0 Å². The lowest BCUT2D eigenvalue weighted by molar-refractivity contribution is 0.0202. The molecule has 0 aliphatic rings. The van der Waals surface area contributed by atoms with Crippen molar-refractivity contribution in [3.8, 4) is 0 Å². The molecule has 70 valence electrons. The fraction of sp³-hybridized carbons (Fsp3) is 0.667. The van der Waals surface area contributed by atoms with E-state index in [0.717, 1.165) is 10.0 Å². The van der Waals surface area contributed by atoms with Gasteiger partial charge in [-0.05, 0) is 0 Å². The number of amides is 2. The molecule has 12 heavy (non-hydrogen) atoms. The number of ether oxygens (including phenoxy) is 2. The number of hydrazine groups is 1. The van der Waals surface area contributed by atoms with Crippen molar-refractivity contribution < 1.29 is 19.1 Å². The number of nitrogens with zero attached hydrogens (tertiary/aromatic N) is 2. The summed E-state index contributed by atoms with van der Waals surface area (Å²) < 4.78 is 8.73. The largest absolute Gasteiger partial charge is 0.452 e. The molecule has 0 atom stereocenters. The lowest BCUT2D eigenvalue weighted by Gasteiger charge is -2.24. The second kappa shape index (κ2) is 4.42. The van der Waals surface area contributed by atoms with Crippen LogP contribution in [0.15, 0.2) is 0 Å². The Bertz CT molecular complexity index is 162. The molecule has 0 aliphatic heterocycles. The van der Waals surface area contributed by atoms with Crippen LogP contribution in [0.1, 0.15) is 0 Å². The molecule has 0 heterocycles. The molecule has 0 unspecified atom stereocenters. The van der Waals surface area contributed by atoms with Gasteiger partial charge < -0.3 is 9.47 Å². The first kappa shape index (κ1) is 10.5. The van der Waals surface area contributed by atoms with Crippen molar-refractivity contribution in [3.05, 3.63) is 0 Å². The molecular formula is C6H12N2O4. The van der Waals surface area contributed by atoms with E-state index in [2.05, 4.69) is 9.47 Å². The van der Waals surface area contributed by atoms with Crippen molar-refractivity contribution in [3.63, 3.8) is 0 Å². The summed E-state index contributed by atoms with van der Waals surface area (Å²) in [6, 6.07) is 0. The molecule has 0 spiro atoms. The fourth-order valence-corrected chi connectivity index (χ4v) is 0.509. The van der Waals surface area contributed by atoms with Gasteiger partial charge in [0.15, 0.2) is 0 Å². The van der Waals surface area contributed by atoms with Gasteiger partial charge in [0.2, 0.25) is 0 Å². The van der Waals surface area contributed by atoms with E-state index in [-0.39, 0.29) is 0 Å². The van der Waals surface area contributed by atoms with Crippen molar-refractivity contribution in [2.24, 2.45) is 0 Å². The predicted molar refractivity (Wildman–Crippen MR) is 40.3 cm³/mol. The summed E-state index contributed by atoms with van der Waals surface area (Å²) in [5.74, 6) is 0. The smallest absolute Gasteiger partial charge is 0.428 e. The molecule has 0 N–H and O–H groups in total. The van der Waals surface area contributed by atoms with Crippen LogP contribution in [0.3, 0.4) is 0 Å². The van der Waals surface area contributed by atoms with Crippen molar-refractivity contribution in [1.82, 2.24) is 10.0 Å².